The van der Waals surface area contributed by atoms with Crippen molar-refractivity contribution in [3.63, 3.8) is 0 Å². The number of nitrogens with zero attached hydrogens (tertiary/aromatic N) is 2. The van der Waals surface area contributed by atoms with Crippen molar-refractivity contribution in [2.75, 3.05) is 26.2 Å². The highest BCUT2D eigenvalue weighted by molar-refractivity contribution is 7.10. The molecule has 4 heterocycles. The number of hydrogen-bond donors (Lipinski definition) is 1. The van der Waals surface area contributed by atoms with E-state index < -0.39 is 0 Å². The molecule has 4 rings (SSSR count). The third kappa shape index (κ3) is 3.36. The maximum absolute atomic E-state index is 11.9. The second-order valence-electron chi connectivity index (χ2n) is 6.99. The van der Waals surface area contributed by atoms with E-state index in [4.69, 9.17) is 9.26 Å². The Hall–Kier alpha value is -1.70. The van der Waals surface area contributed by atoms with Gasteiger partial charge in [0.1, 0.15) is 0 Å². The van der Waals surface area contributed by atoms with Gasteiger partial charge in [0.25, 0.3) is 5.91 Å². The summed E-state index contributed by atoms with van der Waals surface area (Å²) in [7, 11) is 0. The second-order valence-corrected chi connectivity index (χ2v) is 7.99. The number of aryl methyl sites for hydroxylation is 1. The Kier molecular flexibility index (Phi) is 4.62. The number of rotatable bonds is 6. The van der Waals surface area contributed by atoms with Crippen molar-refractivity contribution in [1.82, 2.24) is 15.4 Å². The molecule has 0 aromatic carbocycles. The number of carbonyl (C=O) groups is 1. The normalized spacial score (nSPS) is 22.2. The van der Waals surface area contributed by atoms with Crippen molar-refractivity contribution >= 4 is 17.2 Å². The van der Waals surface area contributed by atoms with Gasteiger partial charge in [0.15, 0.2) is 0 Å². The fourth-order valence-corrected chi connectivity index (χ4v) is 4.86. The van der Waals surface area contributed by atoms with Crippen LogP contribution in [0.1, 0.15) is 33.8 Å². The first-order valence-electron chi connectivity index (χ1n) is 8.74. The molecule has 7 heteroatoms. The van der Waals surface area contributed by atoms with Crippen LogP contribution >= 0.6 is 11.3 Å². The molecule has 2 aliphatic heterocycles. The second kappa shape index (κ2) is 6.90. The van der Waals surface area contributed by atoms with Crippen molar-refractivity contribution in [3.05, 3.63) is 39.9 Å². The van der Waals surface area contributed by atoms with Gasteiger partial charge in [0.05, 0.1) is 11.8 Å². The molecule has 1 N–H and O–H groups in total. The Balaban J connectivity index is 1.26. The Morgan fingerprint density at radius 3 is 3.08 bits per heavy atom. The maximum Gasteiger partial charge on any atom is 0.289 e. The molecule has 2 aromatic heterocycles. The lowest BCUT2D eigenvalue weighted by atomic mass is 9.79. The molecule has 0 aliphatic carbocycles. The van der Waals surface area contributed by atoms with Crippen molar-refractivity contribution in [3.8, 4) is 0 Å². The number of carbonyl (C=O) groups excluding carboxylic acids is 1. The number of amides is 1. The zero-order valence-corrected chi connectivity index (χ0v) is 15.2. The molecule has 0 bridgehead atoms. The highest BCUT2D eigenvalue weighted by Gasteiger charge is 2.52. The van der Waals surface area contributed by atoms with E-state index in [-0.39, 0.29) is 17.3 Å². The molecule has 2 saturated heterocycles. The van der Waals surface area contributed by atoms with Gasteiger partial charge in [0.2, 0.25) is 5.76 Å². The van der Waals surface area contributed by atoms with Gasteiger partial charge in [-0.1, -0.05) is 5.16 Å². The topological polar surface area (TPSA) is 67.6 Å². The lowest BCUT2D eigenvalue weighted by Gasteiger charge is -2.50. The summed E-state index contributed by atoms with van der Waals surface area (Å²) in [5.41, 5.74) is 1.37. The molecular formula is C18H23N3O3S. The number of ether oxygens (including phenoxy) is 1. The minimum Gasteiger partial charge on any atom is -0.372 e. The largest absolute Gasteiger partial charge is 0.372 e. The minimum atomic E-state index is -0.200. The average molecular weight is 361 g/mol. The Morgan fingerprint density at radius 2 is 2.36 bits per heavy atom. The van der Waals surface area contributed by atoms with Gasteiger partial charge in [-0.25, -0.2) is 0 Å². The van der Waals surface area contributed by atoms with Gasteiger partial charge in [-0.15, -0.1) is 11.3 Å². The van der Waals surface area contributed by atoms with Gasteiger partial charge in [-0.05, 0) is 42.7 Å². The van der Waals surface area contributed by atoms with Gasteiger partial charge in [-0.3, -0.25) is 9.69 Å². The molecule has 0 unspecified atom stereocenters. The Morgan fingerprint density at radius 1 is 1.48 bits per heavy atom. The van der Waals surface area contributed by atoms with Gasteiger partial charge < -0.3 is 14.6 Å². The van der Waals surface area contributed by atoms with Crippen molar-refractivity contribution in [1.29, 1.82) is 0 Å². The predicted octanol–water partition coefficient (Wildman–Crippen LogP) is 2.46. The molecule has 6 nitrogen and oxygen atoms in total. The molecule has 25 heavy (non-hydrogen) atoms. The fraction of sp³-hybridized carbons (Fsp3) is 0.556. The van der Waals surface area contributed by atoms with Crippen LogP contribution in [0.3, 0.4) is 0 Å². The Bertz CT molecular complexity index is 722. The predicted molar refractivity (Wildman–Crippen MR) is 94.6 cm³/mol. The summed E-state index contributed by atoms with van der Waals surface area (Å²) in [4.78, 5) is 15.8. The van der Waals surface area contributed by atoms with Crippen LogP contribution in [0.15, 0.2) is 28.2 Å². The SMILES string of the molecule is Cc1ccsc1CN1CC2(C1)OCC[C@@H]2CCNC(=O)c1ccno1. The van der Waals surface area contributed by atoms with Crippen LogP contribution < -0.4 is 5.32 Å². The summed E-state index contributed by atoms with van der Waals surface area (Å²) in [6.07, 6.45) is 3.49. The highest BCUT2D eigenvalue weighted by Crippen LogP contribution is 2.42. The number of aromatic nitrogens is 1. The highest BCUT2D eigenvalue weighted by atomic mass is 32.1. The van der Waals surface area contributed by atoms with Crippen LogP contribution in [0.2, 0.25) is 0 Å². The van der Waals surface area contributed by atoms with E-state index >= 15 is 0 Å². The van der Waals surface area contributed by atoms with E-state index in [9.17, 15) is 4.79 Å². The van der Waals surface area contributed by atoms with Crippen molar-refractivity contribution in [2.45, 2.75) is 31.9 Å². The van der Waals surface area contributed by atoms with E-state index in [1.54, 1.807) is 6.07 Å². The number of thiophene rings is 1. The molecule has 0 saturated carbocycles. The van der Waals surface area contributed by atoms with Gasteiger partial charge in [-0.2, -0.15) is 0 Å². The first-order valence-corrected chi connectivity index (χ1v) is 9.62. The average Bonchev–Trinajstić information content (AvgIpc) is 3.29. The molecule has 2 aliphatic rings. The lowest BCUT2D eigenvalue weighted by molar-refractivity contribution is -0.136. The molecular weight excluding hydrogens is 338 g/mol. The first-order chi connectivity index (χ1) is 12.2. The molecule has 2 fully saturated rings. The van der Waals surface area contributed by atoms with Crippen LogP contribution in [-0.2, 0) is 11.3 Å². The molecule has 1 spiro atoms. The van der Waals surface area contributed by atoms with Crippen molar-refractivity contribution in [2.24, 2.45) is 5.92 Å². The van der Waals surface area contributed by atoms with Crippen LogP contribution in [0.25, 0.3) is 0 Å². The van der Waals surface area contributed by atoms with Crippen LogP contribution in [-0.4, -0.2) is 47.8 Å². The first kappa shape index (κ1) is 16.8. The van der Waals surface area contributed by atoms with Gasteiger partial charge >= 0.3 is 0 Å². The van der Waals surface area contributed by atoms with E-state index in [1.165, 1.54) is 16.6 Å². The summed E-state index contributed by atoms with van der Waals surface area (Å²) in [6, 6.07) is 3.76. The van der Waals surface area contributed by atoms with E-state index in [2.05, 4.69) is 33.7 Å². The van der Waals surface area contributed by atoms with E-state index in [1.807, 2.05) is 11.3 Å². The molecule has 1 amide bonds. The molecule has 0 radical (unpaired) electrons. The lowest BCUT2D eigenvalue weighted by Crippen LogP contribution is -2.64. The molecule has 1 atom stereocenters. The number of likely N-dealkylation sites (tertiary alicyclic amines) is 1. The zero-order valence-electron chi connectivity index (χ0n) is 14.4. The fourth-order valence-electron chi connectivity index (χ4n) is 3.91. The van der Waals surface area contributed by atoms with E-state index in [0.717, 1.165) is 39.1 Å². The zero-order chi connectivity index (χ0) is 17.3. The third-order valence-corrected chi connectivity index (χ3v) is 6.37. The number of nitrogens with one attached hydrogen (secondary N) is 1. The minimum absolute atomic E-state index is 0.0118. The summed E-state index contributed by atoms with van der Waals surface area (Å²) in [5, 5.41) is 8.63. The van der Waals surface area contributed by atoms with Crippen LogP contribution in [0, 0.1) is 12.8 Å². The summed E-state index contributed by atoms with van der Waals surface area (Å²) < 4.78 is 11.0. The maximum atomic E-state index is 11.9. The summed E-state index contributed by atoms with van der Waals surface area (Å²) >= 11 is 1.83. The summed E-state index contributed by atoms with van der Waals surface area (Å²) in [5.74, 6) is 0.565. The third-order valence-electron chi connectivity index (χ3n) is 5.36. The van der Waals surface area contributed by atoms with Gasteiger partial charge in [0, 0.05) is 43.7 Å². The Labute approximate surface area is 151 Å². The smallest absolute Gasteiger partial charge is 0.289 e. The molecule has 134 valence electrons. The number of hydrogen-bond acceptors (Lipinski definition) is 6. The molecule has 2 aromatic rings. The van der Waals surface area contributed by atoms with Crippen LogP contribution in [0.4, 0.5) is 0 Å². The summed E-state index contributed by atoms with van der Waals surface area (Å²) in [6.45, 7) is 6.64. The van der Waals surface area contributed by atoms with Crippen LogP contribution in [0.5, 0.6) is 0 Å². The quantitative estimate of drug-likeness (QED) is 0.856. The standard InChI is InChI=1S/C18H23N3O3S/c1-13-5-9-25-16(13)10-21-11-18(12-21)14(4-8-23-18)2-6-19-17(22)15-3-7-20-24-15/h3,5,7,9,14H,2,4,6,8,10-12H2,1H3,(H,19,22)/t14-/m0/s1. The monoisotopic (exact) mass is 361 g/mol. The van der Waals surface area contributed by atoms with Crippen molar-refractivity contribution < 1.29 is 14.1 Å². The van der Waals surface area contributed by atoms with E-state index in [0.29, 0.717) is 12.5 Å².